The third-order valence-electron chi connectivity index (χ3n) is 3.90. The van der Waals surface area contributed by atoms with Gasteiger partial charge in [0.15, 0.2) is 11.5 Å². The Morgan fingerprint density at radius 3 is 2.33 bits per heavy atom. The van der Waals surface area contributed by atoms with Gasteiger partial charge in [-0.3, -0.25) is 9.79 Å². The molecule has 0 fully saturated rings. The molecule has 9 heteroatoms. The molecule has 3 rings (SSSR count). The molecule has 0 bridgehead atoms. The molecule has 0 spiro atoms. The quantitative estimate of drug-likeness (QED) is 0.589. The predicted molar refractivity (Wildman–Crippen MR) is 103 cm³/mol. The van der Waals surface area contributed by atoms with Crippen LogP contribution in [0.25, 0.3) is 22.4 Å². The molecule has 0 radical (unpaired) electrons. The van der Waals surface area contributed by atoms with Crippen LogP contribution in [0.2, 0.25) is 0 Å². The smallest absolute Gasteiger partial charge is 0.493 e. The highest BCUT2D eigenvalue weighted by molar-refractivity contribution is 7.46. The van der Waals surface area contributed by atoms with E-state index in [2.05, 4.69) is 8.90 Å². The third-order valence-corrected chi connectivity index (χ3v) is 4.98. The molecule has 0 amide bonds. The Labute approximate surface area is 160 Å². The zero-order valence-corrected chi connectivity index (χ0v) is 16.6. The van der Waals surface area contributed by atoms with E-state index in [0.29, 0.717) is 11.5 Å². The summed E-state index contributed by atoms with van der Waals surface area (Å²) in [5.41, 5.74) is 4.35. The number of rotatable bonds is 6. The number of nitrogens with zero attached hydrogens (tertiary/aromatic N) is 1. The van der Waals surface area contributed by atoms with Crippen molar-refractivity contribution in [3.05, 3.63) is 47.3 Å². The first-order chi connectivity index (χ1) is 12.8. The second kappa shape index (κ2) is 7.70. The Balaban J connectivity index is 2.00. The Hall–Kier alpha value is -2.38. The van der Waals surface area contributed by atoms with E-state index in [-0.39, 0.29) is 5.75 Å². The van der Waals surface area contributed by atoms with Crippen molar-refractivity contribution in [2.75, 3.05) is 14.2 Å². The highest BCUT2D eigenvalue weighted by Crippen LogP contribution is 2.41. The van der Waals surface area contributed by atoms with E-state index < -0.39 is 7.82 Å². The minimum atomic E-state index is -4.58. The minimum Gasteiger partial charge on any atom is -0.493 e. The van der Waals surface area contributed by atoms with E-state index in [1.54, 1.807) is 26.4 Å². The molecule has 1 aromatic heterocycles. The van der Waals surface area contributed by atoms with E-state index in [9.17, 15) is 4.57 Å². The number of aromatic nitrogens is 1. The fraction of sp³-hybridized carbons (Fsp3) is 0.167. The number of hydrogen-bond acceptors (Lipinski definition) is 6. The molecule has 0 unspecified atom stereocenters. The fourth-order valence-electron chi connectivity index (χ4n) is 2.77. The Bertz CT molecular complexity index is 996. The molecule has 7 nitrogen and oxygen atoms in total. The number of benzene rings is 2. The first-order valence-electron chi connectivity index (χ1n) is 7.85. The molecular formula is C18H18NO6PS. The van der Waals surface area contributed by atoms with E-state index in [1.165, 1.54) is 23.7 Å². The van der Waals surface area contributed by atoms with Gasteiger partial charge in [0.25, 0.3) is 0 Å². The van der Waals surface area contributed by atoms with Crippen molar-refractivity contribution >= 4 is 19.4 Å². The highest BCUT2D eigenvalue weighted by Gasteiger charge is 2.18. The van der Waals surface area contributed by atoms with E-state index >= 15 is 0 Å². The van der Waals surface area contributed by atoms with Gasteiger partial charge in [0.1, 0.15) is 5.75 Å². The Kier molecular flexibility index (Phi) is 5.53. The van der Waals surface area contributed by atoms with Crippen molar-refractivity contribution in [2.24, 2.45) is 0 Å². The lowest BCUT2D eigenvalue weighted by molar-refractivity contribution is 0.283. The Morgan fingerprint density at radius 1 is 1.04 bits per heavy atom. The van der Waals surface area contributed by atoms with E-state index in [0.717, 1.165) is 27.9 Å². The predicted octanol–water partition coefficient (Wildman–Crippen LogP) is 4.27. The van der Waals surface area contributed by atoms with Crippen molar-refractivity contribution in [2.45, 2.75) is 6.92 Å². The average molecular weight is 407 g/mol. The molecular weight excluding hydrogens is 389 g/mol. The van der Waals surface area contributed by atoms with Crippen molar-refractivity contribution in [1.82, 2.24) is 4.37 Å². The molecule has 142 valence electrons. The zero-order valence-electron chi connectivity index (χ0n) is 14.9. The second-order valence-electron chi connectivity index (χ2n) is 5.71. The van der Waals surface area contributed by atoms with Gasteiger partial charge < -0.3 is 14.0 Å². The van der Waals surface area contributed by atoms with Gasteiger partial charge in [0.2, 0.25) is 0 Å². The van der Waals surface area contributed by atoms with Crippen LogP contribution in [0, 0.1) is 6.92 Å². The summed E-state index contributed by atoms with van der Waals surface area (Å²) >= 11 is 1.32. The van der Waals surface area contributed by atoms with Crippen molar-refractivity contribution in [1.29, 1.82) is 0 Å². The first kappa shape index (κ1) is 19.4. The average Bonchev–Trinajstić information content (AvgIpc) is 3.10. The molecule has 0 aliphatic rings. The van der Waals surface area contributed by atoms with Crippen LogP contribution >= 0.6 is 19.4 Å². The fourth-order valence-corrected chi connectivity index (χ4v) is 3.89. The summed E-state index contributed by atoms with van der Waals surface area (Å²) in [5.74, 6) is 1.40. The summed E-state index contributed by atoms with van der Waals surface area (Å²) in [6.45, 7) is 1.94. The highest BCUT2D eigenvalue weighted by atomic mass is 32.1. The van der Waals surface area contributed by atoms with Crippen LogP contribution in [0.15, 0.2) is 41.8 Å². The number of hydrogen-bond donors (Lipinski definition) is 2. The molecule has 0 aliphatic carbocycles. The lowest BCUT2D eigenvalue weighted by Gasteiger charge is -2.13. The molecule has 2 aromatic carbocycles. The maximum atomic E-state index is 10.9. The maximum Gasteiger partial charge on any atom is 0.524 e. The second-order valence-corrected chi connectivity index (χ2v) is 7.50. The summed E-state index contributed by atoms with van der Waals surface area (Å²) in [5, 5.41) is 1.92. The molecule has 0 saturated heterocycles. The van der Waals surface area contributed by atoms with Crippen molar-refractivity contribution < 1.29 is 28.3 Å². The van der Waals surface area contributed by atoms with Crippen molar-refractivity contribution in [3.63, 3.8) is 0 Å². The van der Waals surface area contributed by atoms with E-state index in [1.807, 2.05) is 24.4 Å². The standard InChI is InChI=1S/C18H18NO6PS/c1-11-8-13(9-16(23-2)18(11)24-3)17-15(10-27-19-17)12-4-6-14(7-5-12)25-26(20,21)22/h4-10H,1-3H3,(H2,20,21,22). The number of phosphoric acid groups is 1. The Morgan fingerprint density at radius 2 is 1.74 bits per heavy atom. The van der Waals surface area contributed by atoms with Crippen LogP contribution in [0.1, 0.15) is 5.56 Å². The van der Waals surface area contributed by atoms with Gasteiger partial charge in [-0.1, -0.05) is 12.1 Å². The van der Waals surface area contributed by atoms with Crippen LogP contribution in [0.5, 0.6) is 17.2 Å². The number of ether oxygens (including phenoxy) is 2. The lowest BCUT2D eigenvalue weighted by Crippen LogP contribution is -1.95. The van der Waals surface area contributed by atoms with Crippen LogP contribution in [-0.4, -0.2) is 28.4 Å². The monoisotopic (exact) mass is 407 g/mol. The van der Waals surface area contributed by atoms with Crippen LogP contribution in [-0.2, 0) is 4.57 Å². The van der Waals surface area contributed by atoms with Crippen LogP contribution < -0.4 is 14.0 Å². The largest absolute Gasteiger partial charge is 0.524 e. The third kappa shape index (κ3) is 4.31. The SMILES string of the molecule is COc1cc(-c2nscc2-c2ccc(OP(=O)(O)O)cc2)cc(C)c1OC. The number of aryl methyl sites for hydroxylation is 1. The van der Waals surface area contributed by atoms with Gasteiger partial charge in [-0.15, -0.1) is 0 Å². The summed E-state index contributed by atoms with van der Waals surface area (Å²) in [6, 6.07) is 10.3. The van der Waals surface area contributed by atoms with Crippen LogP contribution in [0.4, 0.5) is 0 Å². The molecule has 0 saturated carbocycles. The molecule has 0 atom stereocenters. The number of phosphoric ester groups is 1. The van der Waals surface area contributed by atoms with E-state index in [4.69, 9.17) is 19.3 Å². The van der Waals surface area contributed by atoms with Gasteiger partial charge in [-0.05, 0) is 53.8 Å². The first-order valence-corrected chi connectivity index (χ1v) is 10.2. The summed E-state index contributed by atoms with van der Waals surface area (Å²) < 4.78 is 30.8. The van der Waals surface area contributed by atoms with Gasteiger partial charge in [-0.2, -0.15) is 4.37 Å². The van der Waals surface area contributed by atoms with Crippen molar-refractivity contribution in [3.8, 4) is 39.6 Å². The minimum absolute atomic E-state index is 0.0961. The maximum absolute atomic E-state index is 10.9. The molecule has 2 N–H and O–H groups in total. The zero-order chi connectivity index (χ0) is 19.6. The molecule has 3 aromatic rings. The molecule has 27 heavy (non-hydrogen) atoms. The summed E-state index contributed by atoms with van der Waals surface area (Å²) in [4.78, 5) is 17.8. The summed E-state index contributed by atoms with van der Waals surface area (Å²) in [7, 11) is -1.40. The lowest BCUT2D eigenvalue weighted by atomic mass is 10.00. The number of methoxy groups -OCH3 is 2. The molecule has 0 aliphatic heterocycles. The summed E-state index contributed by atoms with van der Waals surface area (Å²) in [6.07, 6.45) is 0. The molecule has 1 heterocycles. The van der Waals surface area contributed by atoms with Gasteiger partial charge >= 0.3 is 7.82 Å². The normalized spacial score (nSPS) is 11.3. The van der Waals surface area contributed by atoms with Gasteiger partial charge in [-0.25, -0.2) is 4.57 Å². The van der Waals surface area contributed by atoms with Crippen LogP contribution in [0.3, 0.4) is 0 Å². The topological polar surface area (TPSA) is 98.1 Å². The van der Waals surface area contributed by atoms with Gasteiger partial charge in [0, 0.05) is 16.5 Å². The van der Waals surface area contributed by atoms with Gasteiger partial charge in [0.05, 0.1) is 19.9 Å².